The molecule has 7 heteroatoms. The van der Waals surface area contributed by atoms with Crippen molar-refractivity contribution in [3.05, 3.63) is 35.9 Å². The molecular weight excluding hydrogens is 513 g/mol. The van der Waals surface area contributed by atoms with Crippen molar-refractivity contribution in [1.29, 1.82) is 0 Å². The Balaban J connectivity index is 0.00000363. The lowest BCUT2D eigenvalue weighted by Crippen LogP contribution is -2.49. The first-order valence-electron chi connectivity index (χ1n) is 12.2. The number of likely N-dealkylation sites (tertiary alicyclic amines) is 2. The van der Waals surface area contributed by atoms with Crippen LogP contribution in [-0.2, 0) is 4.74 Å². The quantitative estimate of drug-likeness (QED) is 0.275. The number of guanidine groups is 1. The van der Waals surface area contributed by atoms with Gasteiger partial charge in [-0.25, -0.2) is 0 Å². The highest BCUT2D eigenvalue weighted by Crippen LogP contribution is 2.24. The minimum Gasteiger partial charge on any atom is -0.383 e. The summed E-state index contributed by atoms with van der Waals surface area (Å²) in [5.74, 6) is 1.70. The van der Waals surface area contributed by atoms with E-state index in [-0.39, 0.29) is 24.0 Å². The second-order valence-electron chi connectivity index (χ2n) is 9.04. The zero-order valence-electron chi connectivity index (χ0n) is 20.3. The van der Waals surface area contributed by atoms with Crippen molar-refractivity contribution in [1.82, 2.24) is 20.4 Å². The van der Waals surface area contributed by atoms with E-state index < -0.39 is 0 Å². The van der Waals surface area contributed by atoms with Crippen LogP contribution in [0.2, 0.25) is 0 Å². The van der Waals surface area contributed by atoms with E-state index in [0.717, 1.165) is 45.3 Å². The molecule has 2 heterocycles. The fourth-order valence-electron chi connectivity index (χ4n) is 4.72. The van der Waals surface area contributed by atoms with Gasteiger partial charge in [0.1, 0.15) is 0 Å². The molecule has 0 saturated carbocycles. The standard InChI is InChI=1S/C25H43N5O.HI/c1-4-26-25(27-20-22-10-14-29(15-11-22)18-19-31-3)28-24-12-16-30(17-13-24)21(2)23-8-6-5-7-9-23;/h5-9,21-22,24H,4,10-20H2,1-3H3,(H2,26,27,28);1H. The highest BCUT2D eigenvalue weighted by molar-refractivity contribution is 14.0. The maximum atomic E-state index is 5.21. The number of benzene rings is 1. The molecule has 0 bridgehead atoms. The van der Waals surface area contributed by atoms with Gasteiger partial charge in [-0.2, -0.15) is 0 Å². The molecular formula is C25H44IN5O. The molecule has 1 aromatic carbocycles. The van der Waals surface area contributed by atoms with Gasteiger partial charge in [-0.15, -0.1) is 24.0 Å². The van der Waals surface area contributed by atoms with Crippen molar-refractivity contribution >= 4 is 29.9 Å². The Hall–Kier alpha value is -0.900. The number of nitrogens with zero attached hydrogens (tertiary/aromatic N) is 3. The van der Waals surface area contributed by atoms with Gasteiger partial charge in [-0.3, -0.25) is 9.89 Å². The molecule has 3 rings (SSSR count). The lowest BCUT2D eigenvalue weighted by Gasteiger charge is -2.37. The van der Waals surface area contributed by atoms with Crippen LogP contribution in [0.15, 0.2) is 35.3 Å². The zero-order chi connectivity index (χ0) is 21.9. The summed E-state index contributed by atoms with van der Waals surface area (Å²) in [7, 11) is 1.78. The van der Waals surface area contributed by atoms with E-state index in [4.69, 9.17) is 9.73 Å². The predicted octanol–water partition coefficient (Wildman–Crippen LogP) is 3.74. The fourth-order valence-corrected chi connectivity index (χ4v) is 4.72. The average molecular weight is 558 g/mol. The van der Waals surface area contributed by atoms with Gasteiger partial charge in [0, 0.05) is 51.9 Å². The Kier molecular flexibility index (Phi) is 12.9. The van der Waals surface area contributed by atoms with Crippen LogP contribution in [0.1, 0.15) is 51.1 Å². The van der Waals surface area contributed by atoms with E-state index in [1.54, 1.807) is 7.11 Å². The Morgan fingerprint density at radius 1 is 1.09 bits per heavy atom. The zero-order valence-corrected chi connectivity index (χ0v) is 22.6. The molecule has 0 aromatic heterocycles. The minimum absolute atomic E-state index is 0. The number of ether oxygens (including phenoxy) is 1. The summed E-state index contributed by atoms with van der Waals surface area (Å²) in [5, 5.41) is 7.18. The van der Waals surface area contributed by atoms with Gasteiger partial charge < -0.3 is 20.3 Å². The second-order valence-corrected chi connectivity index (χ2v) is 9.04. The molecule has 1 aromatic rings. The number of rotatable bonds is 9. The maximum Gasteiger partial charge on any atom is 0.191 e. The third-order valence-electron chi connectivity index (χ3n) is 6.87. The largest absolute Gasteiger partial charge is 0.383 e. The summed E-state index contributed by atoms with van der Waals surface area (Å²) < 4.78 is 5.21. The normalized spacial score (nSPS) is 20.5. The van der Waals surface area contributed by atoms with Crippen molar-refractivity contribution in [3.63, 3.8) is 0 Å². The Morgan fingerprint density at radius 2 is 1.78 bits per heavy atom. The third kappa shape index (κ3) is 8.80. The molecule has 2 aliphatic rings. The summed E-state index contributed by atoms with van der Waals surface area (Å²) in [4.78, 5) is 10.1. The van der Waals surface area contributed by atoms with Crippen molar-refractivity contribution in [2.45, 2.75) is 51.6 Å². The topological polar surface area (TPSA) is 52.1 Å². The van der Waals surface area contributed by atoms with Gasteiger partial charge in [0.15, 0.2) is 5.96 Å². The third-order valence-corrected chi connectivity index (χ3v) is 6.87. The molecule has 2 N–H and O–H groups in total. The highest BCUT2D eigenvalue weighted by atomic mass is 127. The summed E-state index contributed by atoms with van der Waals surface area (Å²) in [6, 6.07) is 11.9. The predicted molar refractivity (Wildman–Crippen MR) is 145 cm³/mol. The highest BCUT2D eigenvalue weighted by Gasteiger charge is 2.24. The molecule has 32 heavy (non-hydrogen) atoms. The van der Waals surface area contributed by atoms with E-state index in [9.17, 15) is 0 Å². The van der Waals surface area contributed by atoms with E-state index in [1.807, 2.05) is 0 Å². The maximum absolute atomic E-state index is 5.21. The SMILES string of the molecule is CCNC(=NCC1CCN(CCOC)CC1)NC1CCN(C(C)c2ccccc2)CC1.I. The van der Waals surface area contributed by atoms with Crippen LogP contribution in [-0.4, -0.2) is 81.3 Å². The minimum atomic E-state index is 0. The van der Waals surface area contributed by atoms with Crippen LogP contribution >= 0.6 is 24.0 Å². The van der Waals surface area contributed by atoms with Crippen LogP contribution in [0, 0.1) is 5.92 Å². The molecule has 0 spiro atoms. The number of hydrogen-bond donors (Lipinski definition) is 2. The van der Waals surface area contributed by atoms with Crippen molar-refractivity contribution in [2.24, 2.45) is 10.9 Å². The van der Waals surface area contributed by atoms with Crippen molar-refractivity contribution in [2.75, 3.05) is 59.5 Å². The monoisotopic (exact) mass is 557 g/mol. The molecule has 0 aliphatic carbocycles. The first-order chi connectivity index (χ1) is 15.2. The van der Waals surface area contributed by atoms with E-state index >= 15 is 0 Å². The van der Waals surface area contributed by atoms with Gasteiger partial charge in [0.2, 0.25) is 0 Å². The lowest BCUT2D eigenvalue weighted by atomic mass is 9.97. The van der Waals surface area contributed by atoms with Crippen molar-refractivity contribution < 1.29 is 4.74 Å². The van der Waals surface area contributed by atoms with Gasteiger partial charge in [-0.05, 0) is 64.1 Å². The van der Waals surface area contributed by atoms with Gasteiger partial charge in [0.05, 0.1) is 6.61 Å². The van der Waals surface area contributed by atoms with Crippen LogP contribution in [0.5, 0.6) is 0 Å². The smallest absolute Gasteiger partial charge is 0.191 e. The number of aliphatic imine (C=N–C) groups is 1. The lowest BCUT2D eigenvalue weighted by molar-refractivity contribution is 0.121. The molecule has 6 nitrogen and oxygen atoms in total. The number of piperidine rings is 2. The number of hydrogen-bond acceptors (Lipinski definition) is 4. The first-order valence-corrected chi connectivity index (χ1v) is 12.2. The summed E-state index contributed by atoms with van der Waals surface area (Å²) >= 11 is 0. The average Bonchev–Trinajstić information content (AvgIpc) is 2.82. The number of methoxy groups -OCH3 is 1. The van der Waals surface area contributed by atoms with Gasteiger partial charge in [0.25, 0.3) is 0 Å². The Labute approximate surface area is 212 Å². The molecule has 182 valence electrons. The van der Waals surface area contributed by atoms with E-state index in [1.165, 1.54) is 44.3 Å². The van der Waals surface area contributed by atoms with Crippen LogP contribution < -0.4 is 10.6 Å². The summed E-state index contributed by atoms with van der Waals surface area (Å²) in [5.41, 5.74) is 1.41. The van der Waals surface area contributed by atoms with Crippen LogP contribution in [0.4, 0.5) is 0 Å². The molecule has 2 saturated heterocycles. The number of halogens is 1. The molecule has 1 unspecified atom stereocenters. The number of nitrogens with one attached hydrogen (secondary N) is 2. The van der Waals surface area contributed by atoms with Crippen LogP contribution in [0.3, 0.4) is 0 Å². The molecule has 2 aliphatic heterocycles. The summed E-state index contributed by atoms with van der Waals surface area (Å²) in [6.45, 7) is 12.8. The van der Waals surface area contributed by atoms with Gasteiger partial charge in [-0.1, -0.05) is 30.3 Å². The molecule has 2 fully saturated rings. The molecule has 0 amide bonds. The first kappa shape index (κ1) is 27.3. The summed E-state index contributed by atoms with van der Waals surface area (Å²) in [6.07, 6.45) is 4.81. The molecule has 1 atom stereocenters. The van der Waals surface area contributed by atoms with Gasteiger partial charge >= 0.3 is 0 Å². The molecule has 0 radical (unpaired) electrons. The van der Waals surface area contributed by atoms with Crippen LogP contribution in [0.25, 0.3) is 0 Å². The van der Waals surface area contributed by atoms with Crippen molar-refractivity contribution in [3.8, 4) is 0 Å². The second kappa shape index (κ2) is 15.1. The fraction of sp³-hybridized carbons (Fsp3) is 0.720. The Morgan fingerprint density at radius 3 is 2.41 bits per heavy atom. The Bertz CT molecular complexity index is 643. The van der Waals surface area contributed by atoms with E-state index in [2.05, 4.69) is 64.6 Å². The van der Waals surface area contributed by atoms with E-state index in [0.29, 0.717) is 18.0 Å².